The zero-order chi connectivity index (χ0) is 15.1. The summed E-state index contributed by atoms with van der Waals surface area (Å²) in [6.07, 6.45) is 7.54. The number of methoxy groups -OCH3 is 1. The van der Waals surface area contributed by atoms with E-state index in [0.29, 0.717) is 13.0 Å². The van der Waals surface area contributed by atoms with Crippen molar-refractivity contribution in [2.24, 2.45) is 5.73 Å². The summed E-state index contributed by atoms with van der Waals surface area (Å²) in [6, 6.07) is 8.19. The molecule has 1 unspecified atom stereocenters. The Bertz CT molecular complexity index is 549. The van der Waals surface area contributed by atoms with Crippen molar-refractivity contribution < 1.29 is 9.53 Å². The average molecular weight is 287 g/mol. The molecule has 0 saturated heterocycles. The van der Waals surface area contributed by atoms with Gasteiger partial charge in [0.25, 0.3) is 0 Å². The lowest BCUT2D eigenvalue weighted by molar-refractivity contribution is -0.140. The van der Waals surface area contributed by atoms with Crippen LogP contribution in [-0.4, -0.2) is 22.6 Å². The highest BCUT2D eigenvalue weighted by Crippen LogP contribution is 2.15. The van der Waals surface area contributed by atoms with E-state index < -0.39 is 0 Å². The molecule has 0 bridgehead atoms. The van der Waals surface area contributed by atoms with Gasteiger partial charge in [-0.25, -0.2) is 4.98 Å². The molecule has 1 aromatic carbocycles. The van der Waals surface area contributed by atoms with Crippen molar-refractivity contribution in [3.63, 3.8) is 0 Å². The summed E-state index contributed by atoms with van der Waals surface area (Å²) >= 11 is 0. The lowest BCUT2D eigenvalue weighted by Crippen LogP contribution is -2.16. The number of imidazole rings is 1. The third-order valence-electron chi connectivity index (χ3n) is 3.45. The summed E-state index contributed by atoms with van der Waals surface area (Å²) in [5.74, 6) is -0.158. The van der Waals surface area contributed by atoms with Gasteiger partial charge in [-0.1, -0.05) is 24.3 Å². The molecule has 0 aliphatic heterocycles. The van der Waals surface area contributed by atoms with Gasteiger partial charge in [0.15, 0.2) is 0 Å². The van der Waals surface area contributed by atoms with Gasteiger partial charge >= 0.3 is 5.97 Å². The Morgan fingerprint density at radius 2 is 2.14 bits per heavy atom. The number of hydrogen-bond donors (Lipinski definition) is 1. The van der Waals surface area contributed by atoms with E-state index in [9.17, 15) is 4.79 Å². The number of rotatable bonds is 7. The van der Waals surface area contributed by atoms with Crippen LogP contribution in [0.5, 0.6) is 0 Å². The Balaban J connectivity index is 1.85. The first kappa shape index (κ1) is 15.3. The Morgan fingerprint density at radius 1 is 1.38 bits per heavy atom. The first-order chi connectivity index (χ1) is 10.2. The molecule has 0 saturated carbocycles. The van der Waals surface area contributed by atoms with Crippen LogP contribution < -0.4 is 5.73 Å². The normalized spacial score (nSPS) is 12.1. The number of hydrogen-bond acceptors (Lipinski definition) is 4. The lowest BCUT2D eigenvalue weighted by atomic mass is 10.0. The van der Waals surface area contributed by atoms with E-state index in [1.54, 1.807) is 12.5 Å². The molecule has 2 N–H and O–H groups in total. The zero-order valence-electron chi connectivity index (χ0n) is 12.2. The molecule has 2 aromatic rings. The van der Waals surface area contributed by atoms with Crippen LogP contribution >= 0.6 is 0 Å². The molecule has 0 aliphatic carbocycles. The van der Waals surface area contributed by atoms with Crippen LogP contribution in [0, 0.1) is 0 Å². The van der Waals surface area contributed by atoms with Gasteiger partial charge in [0.2, 0.25) is 0 Å². The van der Waals surface area contributed by atoms with Gasteiger partial charge in [-0.05, 0) is 24.0 Å². The Hall–Kier alpha value is -2.14. The number of ether oxygens (including phenoxy) is 1. The third-order valence-corrected chi connectivity index (χ3v) is 3.45. The van der Waals surface area contributed by atoms with E-state index in [4.69, 9.17) is 5.73 Å². The first-order valence-corrected chi connectivity index (χ1v) is 7.06. The number of carbonyl (C=O) groups is 1. The molecule has 0 fully saturated rings. The van der Waals surface area contributed by atoms with Crippen LogP contribution in [0.4, 0.5) is 0 Å². The minimum absolute atomic E-state index is 0.0525. The summed E-state index contributed by atoms with van der Waals surface area (Å²) in [5.41, 5.74) is 8.49. The van der Waals surface area contributed by atoms with E-state index in [-0.39, 0.29) is 12.0 Å². The first-order valence-electron chi connectivity index (χ1n) is 7.06. The molecular weight excluding hydrogens is 266 g/mol. The molecule has 1 atom stereocenters. The summed E-state index contributed by atoms with van der Waals surface area (Å²) in [7, 11) is 1.42. The highest BCUT2D eigenvalue weighted by molar-refractivity contribution is 5.69. The summed E-state index contributed by atoms with van der Waals surface area (Å²) in [6.45, 7) is 0.710. The van der Waals surface area contributed by atoms with Gasteiger partial charge in [0, 0.05) is 31.4 Å². The average Bonchev–Trinajstić information content (AvgIpc) is 3.00. The van der Waals surface area contributed by atoms with Crippen molar-refractivity contribution in [2.45, 2.75) is 31.8 Å². The fourth-order valence-corrected chi connectivity index (χ4v) is 2.20. The predicted molar refractivity (Wildman–Crippen MR) is 80.6 cm³/mol. The van der Waals surface area contributed by atoms with Crippen molar-refractivity contribution in [3.05, 3.63) is 54.1 Å². The highest BCUT2D eigenvalue weighted by atomic mass is 16.5. The fourth-order valence-electron chi connectivity index (χ4n) is 2.20. The Labute approximate surface area is 124 Å². The topological polar surface area (TPSA) is 70.1 Å². The van der Waals surface area contributed by atoms with Crippen molar-refractivity contribution in [3.8, 4) is 0 Å². The van der Waals surface area contributed by atoms with Gasteiger partial charge in [0.1, 0.15) is 0 Å². The quantitative estimate of drug-likeness (QED) is 0.791. The van der Waals surface area contributed by atoms with Crippen LogP contribution in [0.3, 0.4) is 0 Å². The van der Waals surface area contributed by atoms with E-state index in [1.165, 1.54) is 12.7 Å². The Morgan fingerprint density at radius 3 is 2.76 bits per heavy atom. The number of nitrogens with two attached hydrogens (primary N) is 1. The van der Waals surface area contributed by atoms with Crippen LogP contribution in [0.2, 0.25) is 0 Å². The second-order valence-electron chi connectivity index (χ2n) is 5.04. The molecule has 0 spiro atoms. The SMILES string of the molecule is COC(=O)CCCc1ccc(C(N)Cn2ccnc2)cc1. The number of carbonyl (C=O) groups excluding carboxylic acids is 1. The van der Waals surface area contributed by atoms with Gasteiger partial charge in [-0.3, -0.25) is 4.79 Å². The number of nitrogens with zero attached hydrogens (tertiary/aromatic N) is 2. The molecule has 5 nitrogen and oxygen atoms in total. The van der Waals surface area contributed by atoms with Gasteiger partial charge in [0.05, 0.1) is 13.4 Å². The highest BCUT2D eigenvalue weighted by Gasteiger charge is 2.07. The fraction of sp³-hybridized carbons (Fsp3) is 0.375. The Kier molecular flexibility index (Phi) is 5.51. The van der Waals surface area contributed by atoms with Crippen molar-refractivity contribution in [1.82, 2.24) is 9.55 Å². The standard InChI is InChI=1S/C16H21N3O2/c1-21-16(20)4-2-3-13-5-7-14(8-6-13)15(17)11-19-10-9-18-12-19/h5-10,12,15H,2-4,11,17H2,1H3. The minimum Gasteiger partial charge on any atom is -0.469 e. The van der Waals surface area contributed by atoms with E-state index >= 15 is 0 Å². The molecule has 0 aliphatic rings. The van der Waals surface area contributed by atoms with E-state index in [0.717, 1.165) is 18.4 Å². The lowest BCUT2D eigenvalue weighted by Gasteiger charge is -2.13. The maximum Gasteiger partial charge on any atom is 0.305 e. The molecule has 21 heavy (non-hydrogen) atoms. The summed E-state index contributed by atoms with van der Waals surface area (Å²) < 4.78 is 6.59. The van der Waals surface area contributed by atoms with Crippen LogP contribution in [0.25, 0.3) is 0 Å². The van der Waals surface area contributed by atoms with E-state index in [1.807, 2.05) is 10.8 Å². The number of esters is 1. The largest absolute Gasteiger partial charge is 0.469 e. The van der Waals surface area contributed by atoms with Crippen LogP contribution in [0.1, 0.15) is 30.0 Å². The summed E-state index contributed by atoms with van der Waals surface area (Å²) in [4.78, 5) is 15.1. The number of benzene rings is 1. The molecule has 2 rings (SSSR count). The summed E-state index contributed by atoms with van der Waals surface area (Å²) in [5, 5.41) is 0. The number of aryl methyl sites for hydroxylation is 1. The zero-order valence-corrected chi connectivity index (χ0v) is 12.2. The van der Waals surface area contributed by atoms with Crippen LogP contribution in [-0.2, 0) is 22.5 Å². The van der Waals surface area contributed by atoms with Gasteiger partial charge < -0.3 is 15.0 Å². The minimum atomic E-state index is -0.158. The molecular formula is C16H21N3O2. The predicted octanol–water partition coefficient (Wildman–Crippen LogP) is 2.08. The molecule has 0 amide bonds. The number of aromatic nitrogens is 2. The van der Waals surface area contributed by atoms with Gasteiger partial charge in [-0.2, -0.15) is 0 Å². The molecule has 0 radical (unpaired) electrons. The van der Waals surface area contributed by atoms with Crippen LogP contribution in [0.15, 0.2) is 43.0 Å². The van der Waals surface area contributed by atoms with Crippen molar-refractivity contribution in [1.29, 1.82) is 0 Å². The maximum absolute atomic E-state index is 11.1. The molecule has 1 aromatic heterocycles. The third kappa shape index (κ3) is 4.72. The second kappa shape index (κ2) is 7.59. The van der Waals surface area contributed by atoms with E-state index in [2.05, 4.69) is 34.0 Å². The molecule has 5 heteroatoms. The monoisotopic (exact) mass is 287 g/mol. The molecule has 112 valence electrons. The molecule has 1 heterocycles. The van der Waals surface area contributed by atoms with Gasteiger partial charge in [-0.15, -0.1) is 0 Å². The van der Waals surface area contributed by atoms with Crippen molar-refractivity contribution >= 4 is 5.97 Å². The van der Waals surface area contributed by atoms with Crippen molar-refractivity contribution in [2.75, 3.05) is 7.11 Å². The second-order valence-corrected chi connectivity index (χ2v) is 5.04. The maximum atomic E-state index is 11.1. The smallest absolute Gasteiger partial charge is 0.305 e.